The molecule has 0 saturated heterocycles. The Morgan fingerprint density at radius 2 is 2.13 bits per heavy atom. The zero-order valence-electron chi connectivity index (χ0n) is 8.66. The van der Waals surface area contributed by atoms with Crippen LogP contribution in [0.2, 0.25) is 0 Å². The maximum Gasteiger partial charge on any atom is 0.116 e. The molecular weight excluding hydrogens is 188 g/mol. The summed E-state index contributed by atoms with van der Waals surface area (Å²) in [5.41, 5.74) is 2.39. The molecule has 1 unspecified atom stereocenters. The van der Waals surface area contributed by atoms with Gasteiger partial charge in [-0.05, 0) is 43.0 Å². The molecule has 0 radical (unpaired) electrons. The Bertz CT molecular complexity index is 374. The molecule has 1 aliphatic carbocycles. The largest absolute Gasteiger partial charge is 0.508 e. The summed E-state index contributed by atoms with van der Waals surface area (Å²) in [6.45, 7) is 0.994. The van der Waals surface area contributed by atoms with Gasteiger partial charge in [0.15, 0.2) is 0 Å². The minimum absolute atomic E-state index is 0.364. The fraction of sp³-hybridized carbons (Fsp3) is 0.500. The maximum absolute atomic E-state index is 9.42. The average Bonchev–Trinajstić information content (AvgIpc) is 3.01. The first-order valence-electron chi connectivity index (χ1n) is 5.63. The summed E-state index contributed by atoms with van der Waals surface area (Å²) in [6, 6.07) is 6.82. The molecule has 3 nitrogen and oxygen atoms in total. The number of nitrogens with one attached hydrogen (secondary N) is 2. The SMILES string of the molecule is Oc1ccc2c(c1)CC(NC1CC1)CN2. The second-order valence-electron chi connectivity index (χ2n) is 4.56. The molecule has 0 bridgehead atoms. The van der Waals surface area contributed by atoms with E-state index in [1.54, 1.807) is 6.07 Å². The Morgan fingerprint density at radius 1 is 1.27 bits per heavy atom. The summed E-state index contributed by atoms with van der Waals surface area (Å²) in [6.07, 6.45) is 3.67. The van der Waals surface area contributed by atoms with Crippen molar-refractivity contribution < 1.29 is 5.11 Å². The Kier molecular flexibility index (Phi) is 2.06. The van der Waals surface area contributed by atoms with Crippen LogP contribution in [0.5, 0.6) is 5.75 Å². The zero-order valence-corrected chi connectivity index (χ0v) is 8.66. The number of anilines is 1. The number of phenolic OH excluding ortho intramolecular Hbond substituents is 1. The molecule has 2 aliphatic rings. The van der Waals surface area contributed by atoms with Gasteiger partial charge in [0, 0.05) is 24.3 Å². The van der Waals surface area contributed by atoms with Crippen LogP contribution in [-0.4, -0.2) is 23.7 Å². The van der Waals surface area contributed by atoms with Gasteiger partial charge in [0.25, 0.3) is 0 Å². The predicted octanol–water partition coefficient (Wildman–Crippen LogP) is 1.48. The van der Waals surface area contributed by atoms with Gasteiger partial charge in [-0.15, -0.1) is 0 Å². The lowest BCUT2D eigenvalue weighted by atomic mass is 9.99. The molecule has 0 spiro atoms. The highest BCUT2D eigenvalue weighted by molar-refractivity contribution is 5.56. The fourth-order valence-electron chi connectivity index (χ4n) is 2.19. The first-order valence-corrected chi connectivity index (χ1v) is 5.63. The third kappa shape index (κ3) is 1.92. The quantitative estimate of drug-likeness (QED) is 0.639. The second-order valence-corrected chi connectivity index (χ2v) is 4.56. The number of rotatable bonds is 2. The summed E-state index contributed by atoms with van der Waals surface area (Å²) in [7, 11) is 0. The van der Waals surface area contributed by atoms with Crippen molar-refractivity contribution in [2.75, 3.05) is 11.9 Å². The molecule has 3 N–H and O–H groups in total. The lowest BCUT2D eigenvalue weighted by molar-refractivity contribution is 0.471. The molecular formula is C12H16N2O. The van der Waals surface area contributed by atoms with Crippen LogP contribution < -0.4 is 10.6 Å². The van der Waals surface area contributed by atoms with Gasteiger partial charge in [-0.1, -0.05) is 0 Å². The first-order chi connectivity index (χ1) is 7.31. The van der Waals surface area contributed by atoms with Gasteiger partial charge in [-0.3, -0.25) is 0 Å². The highest BCUT2D eigenvalue weighted by atomic mass is 16.3. The fourth-order valence-corrected chi connectivity index (χ4v) is 2.19. The maximum atomic E-state index is 9.42. The second kappa shape index (κ2) is 3.42. The van der Waals surface area contributed by atoms with E-state index in [1.807, 2.05) is 12.1 Å². The van der Waals surface area contributed by atoms with Crippen LogP contribution in [0.25, 0.3) is 0 Å². The number of aromatic hydroxyl groups is 1. The van der Waals surface area contributed by atoms with E-state index >= 15 is 0 Å². The average molecular weight is 204 g/mol. The van der Waals surface area contributed by atoms with Crippen molar-refractivity contribution >= 4 is 5.69 Å². The van der Waals surface area contributed by atoms with E-state index in [1.165, 1.54) is 24.1 Å². The normalized spacial score (nSPS) is 24.4. The molecule has 0 amide bonds. The van der Waals surface area contributed by atoms with E-state index in [4.69, 9.17) is 0 Å². The third-order valence-electron chi connectivity index (χ3n) is 3.14. The predicted molar refractivity (Wildman–Crippen MR) is 60.2 cm³/mol. The van der Waals surface area contributed by atoms with E-state index in [0.29, 0.717) is 11.8 Å². The zero-order chi connectivity index (χ0) is 10.3. The monoisotopic (exact) mass is 204 g/mol. The van der Waals surface area contributed by atoms with Crippen LogP contribution in [0.4, 0.5) is 5.69 Å². The Hall–Kier alpha value is -1.22. The van der Waals surface area contributed by atoms with Crippen molar-refractivity contribution in [3.05, 3.63) is 23.8 Å². The standard InChI is InChI=1S/C12H16N2O/c15-11-3-4-12-8(6-11)5-10(7-13-12)14-9-1-2-9/h3-4,6,9-10,13-15H,1-2,5,7H2. The van der Waals surface area contributed by atoms with E-state index in [0.717, 1.165) is 19.0 Å². The van der Waals surface area contributed by atoms with E-state index in [-0.39, 0.29) is 0 Å². The topological polar surface area (TPSA) is 44.3 Å². The van der Waals surface area contributed by atoms with E-state index in [2.05, 4.69) is 10.6 Å². The summed E-state index contributed by atoms with van der Waals surface area (Å²) in [4.78, 5) is 0. The van der Waals surface area contributed by atoms with Gasteiger partial charge < -0.3 is 15.7 Å². The molecule has 15 heavy (non-hydrogen) atoms. The van der Waals surface area contributed by atoms with Crippen molar-refractivity contribution in [3.8, 4) is 5.75 Å². The van der Waals surface area contributed by atoms with E-state index < -0.39 is 0 Å². The highest BCUT2D eigenvalue weighted by Gasteiger charge is 2.26. The minimum atomic E-state index is 0.364. The van der Waals surface area contributed by atoms with Gasteiger partial charge >= 0.3 is 0 Å². The van der Waals surface area contributed by atoms with E-state index in [9.17, 15) is 5.11 Å². The number of fused-ring (bicyclic) bond motifs is 1. The number of benzene rings is 1. The van der Waals surface area contributed by atoms with Crippen LogP contribution >= 0.6 is 0 Å². The van der Waals surface area contributed by atoms with Gasteiger partial charge in [0.1, 0.15) is 5.75 Å². The first kappa shape index (κ1) is 9.04. The van der Waals surface area contributed by atoms with Crippen LogP contribution in [0.1, 0.15) is 18.4 Å². The Labute approximate surface area is 89.5 Å². The summed E-state index contributed by atoms with van der Waals surface area (Å²) in [5, 5.41) is 16.4. The van der Waals surface area contributed by atoms with Gasteiger partial charge in [-0.25, -0.2) is 0 Å². The van der Waals surface area contributed by atoms with Crippen LogP contribution in [0, 0.1) is 0 Å². The Morgan fingerprint density at radius 3 is 2.93 bits per heavy atom. The molecule has 1 saturated carbocycles. The molecule has 1 atom stereocenters. The highest BCUT2D eigenvalue weighted by Crippen LogP contribution is 2.27. The third-order valence-corrected chi connectivity index (χ3v) is 3.14. The molecule has 1 fully saturated rings. The summed E-state index contributed by atoms with van der Waals surface area (Å²) in [5.74, 6) is 0.364. The molecule has 3 rings (SSSR count). The lowest BCUT2D eigenvalue weighted by Gasteiger charge is -2.27. The smallest absolute Gasteiger partial charge is 0.116 e. The summed E-state index contributed by atoms with van der Waals surface area (Å²) < 4.78 is 0. The molecule has 1 heterocycles. The van der Waals surface area contributed by atoms with Gasteiger partial charge in [0.05, 0.1) is 0 Å². The molecule has 1 aliphatic heterocycles. The van der Waals surface area contributed by atoms with Gasteiger partial charge in [-0.2, -0.15) is 0 Å². The van der Waals surface area contributed by atoms with Crippen molar-refractivity contribution in [1.82, 2.24) is 5.32 Å². The molecule has 1 aromatic carbocycles. The molecule has 1 aromatic rings. The molecule has 3 heteroatoms. The van der Waals surface area contributed by atoms with Crippen LogP contribution in [0.15, 0.2) is 18.2 Å². The lowest BCUT2D eigenvalue weighted by Crippen LogP contribution is -2.41. The van der Waals surface area contributed by atoms with Crippen molar-refractivity contribution in [3.63, 3.8) is 0 Å². The minimum Gasteiger partial charge on any atom is -0.508 e. The van der Waals surface area contributed by atoms with Crippen molar-refractivity contribution in [2.45, 2.75) is 31.3 Å². The van der Waals surface area contributed by atoms with Crippen LogP contribution in [0.3, 0.4) is 0 Å². The molecule has 0 aromatic heterocycles. The van der Waals surface area contributed by atoms with Gasteiger partial charge in [0.2, 0.25) is 0 Å². The number of hydrogen-bond donors (Lipinski definition) is 3. The number of hydrogen-bond acceptors (Lipinski definition) is 3. The van der Waals surface area contributed by atoms with Crippen molar-refractivity contribution in [1.29, 1.82) is 0 Å². The van der Waals surface area contributed by atoms with Crippen LogP contribution in [-0.2, 0) is 6.42 Å². The summed E-state index contributed by atoms with van der Waals surface area (Å²) >= 11 is 0. The van der Waals surface area contributed by atoms with Crippen molar-refractivity contribution in [2.24, 2.45) is 0 Å². The Balaban J connectivity index is 1.75. The number of phenols is 1. The molecule has 80 valence electrons.